The number of non-ortho nitro benzene ring substituents is 1. The molecular formula is C19H21N3O4. The molecule has 0 spiro atoms. The maximum Gasteiger partial charge on any atom is 0.269 e. The van der Waals surface area contributed by atoms with E-state index >= 15 is 0 Å². The Morgan fingerprint density at radius 3 is 2.38 bits per heavy atom. The highest BCUT2D eigenvalue weighted by molar-refractivity contribution is 5.94. The number of carbonyl (C=O) groups excluding carboxylic acids is 1. The Morgan fingerprint density at radius 2 is 1.77 bits per heavy atom. The Kier molecular flexibility index (Phi) is 5.93. The van der Waals surface area contributed by atoms with E-state index in [0.29, 0.717) is 25.3 Å². The number of amides is 1. The van der Waals surface area contributed by atoms with E-state index in [0.717, 1.165) is 18.7 Å². The van der Waals surface area contributed by atoms with Crippen molar-refractivity contribution in [2.75, 3.05) is 32.8 Å². The fourth-order valence-electron chi connectivity index (χ4n) is 2.94. The van der Waals surface area contributed by atoms with E-state index in [-0.39, 0.29) is 17.6 Å². The molecule has 26 heavy (non-hydrogen) atoms. The minimum absolute atomic E-state index is 0.0329. The van der Waals surface area contributed by atoms with Crippen molar-refractivity contribution in [1.29, 1.82) is 0 Å². The minimum Gasteiger partial charge on any atom is -0.379 e. The summed E-state index contributed by atoms with van der Waals surface area (Å²) in [7, 11) is 0. The molecule has 2 aromatic rings. The van der Waals surface area contributed by atoms with Crippen molar-refractivity contribution in [2.45, 2.75) is 6.04 Å². The van der Waals surface area contributed by atoms with Crippen molar-refractivity contribution in [3.63, 3.8) is 0 Å². The van der Waals surface area contributed by atoms with Gasteiger partial charge in [0.25, 0.3) is 11.6 Å². The second-order valence-corrected chi connectivity index (χ2v) is 6.15. The monoisotopic (exact) mass is 355 g/mol. The molecule has 136 valence electrons. The summed E-state index contributed by atoms with van der Waals surface area (Å²) in [5.41, 5.74) is 1.39. The summed E-state index contributed by atoms with van der Waals surface area (Å²) in [6.07, 6.45) is 0. The first-order valence-electron chi connectivity index (χ1n) is 8.54. The van der Waals surface area contributed by atoms with Crippen LogP contribution >= 0.6 is 0 Å². The minimum atomic E-state index is -0.479. The predicted octanol–water partition coefficient (Wildman–Crippen LogP) is 2.40. The van der Waals surface area contributed by atoms with Gasteiger partial charge in [-0.05, 0) is 17.7 Å². The van der Waals surface area contributed by atoms with Gasteiger partial charge in [0.1, 0.15) is 0 Å². The molecule has 1 heterocycles. The molecule has 7 heteroatoms. The van der Waals surface area contributed by atoms with Crippen LogP contribution in [0.2, 0.25) is 0 Å². The van der Waals surface area contributed by atoms with Gasteiger partial charge in [0.15, 0.2) is 0 Å². The Balaban J connectivity index is 1.73. The molecule has 0 radical (unpaired) electrons. The van der Waals surface area contributed by atoms with E-state index in [1.54, 1.807) is 0 Å². The van der Waals surface area contributed by atoms with E-state index in [9.17, 15) is 14.9 Å². The van der Waals surface area contributed by atoms with Gasteiger partial charge in [-0.1, -0.05) is 30.3 Å². The number of nitrogens with one attached hydrogen (secondary N) is 1. The number of carbonyl (C=O) groups is 1. The Morgan fingerprint density at radius 1 is 1.12 bits per heavy atom. The molecule has 1 atom stereocenters. The van der Waals surface area contributed by atoms with Crippen molar-refractivity contribution in [3.8, 4) is 0 Å². The molecule has 0 unspecified atom stereocenters. The van der Waals surface area contributed by atoms with Crippen LogP contribution in [0.1, 0.15) is 22.0 Å². The zero-order valence-electron chi connectivity index (χ0n) is 14.3. The average Bonchev–Trinajstić information content (AvgIpc) is 2.69. The molecule has 3 rings (SSSR count). The first kappa shape index (κ1) is 18.0. The molecule has 1 N–H and O–H groups in total. The number of nitro benzene ring substituents is 1. The second kappa shape index (κ2) is 8.55. The highest BCUT2D eigenvalue weighted by Crippen LogP contribution is 2.17. The number of ether oxygens (including phenoxy) is 1. The zero-order valence-corrected chi connectivity index (χ0v) is 14.3. The van der Waals surface area contributed by atoms with Crippen LogP contribution in [0.5, 0.6) is 0 Å². The lowest BCUT2D eigenvalue weighted by Gasteiger charge is -2.31. The molecule has 1 aliphatic rings. The highest BCUT2D eigenvalue weighted by atomic mass is 16.6. The first-order valence-corrected chi connectivity index (χ1v) is 8.54. The topological polar surface area (TPSA) is 84.7 Å². The lowest BCUT2D eigenvalue weighted by atomic mass is 10.1. The highest BCUT2D eigenvalue weighted by Gasteiger charge is 2.21. The number of nitro groups is 1. The third-order valence-electron chi connectivity index (χ3n) is 4.39. The van der Waals surface area contributed by atoms with Gasteiger partial charge in [-0.2, -0.15) is 0 Å². The number of benzene rings is 2. The molecular weight excluding hydrogens is 334 g/mol. The Labute approximate surface area is 151 Å². The third kappa shape index (κ3) is 4.65. The van der Waals surface area contributed by atoms with Gasteiger partial charge >= 0.3 is 0 Å². The Bertz CT molecular complexity index is 743. The van der Waals surface area contributed by atoms with Gasteiger partial charge in [0.05, 0.1) is 24.2 Å². The summed E-state index contributed by atoms with van der Waals surface area (Å²) in [5, 5.41) is 13.8. The number of hydrogen-bond donors (Lipinski definition) is 1. The third-order valence-corrected chi connectivity index (χ3v) is 4.39. The van der Waals surface area contributed by atoms with Crippen molar-refractivity contribution < 1.29 is 14.5 Å². The molecule has 1 fully saturated rings. The summed E-state index contributed by atoms with van der Waals surface area (Å²) in [6, 6.07) is 15.3. The van der Waals surface area contributed by atoms with Crippen molar-refractivity contribution in [1.82, 2.24) is 10.2 Å². The fourth-order valence-corrected chi connectivity index (χ4v) is 2.94. The van der Waals surface area contributed by atoms with Gasteiger partial charge in [-0.15, -0.1) is 0 Å². The van der Waals surface area contributed by atoms with E-state index < -0.39 is 4.92 Å². The van der Waals surface area contributed by atoms with Gasteiger partial charge < -0.3 is 10.1 Å². The van der Waals surface area contributed by atoms with E-state index in [1.165, 1.54) is 24.3 Å². The fraction of sp³-hybridized carbons (Fsp3) is 0.316. The number of morpholine rings is 1. The van der Waals surface area contributed by atoms with Crippen LogP contribution in [-0.2, 0) is 4.74 Å². The van der Waals surface area contributed by atoms with Crippen molar-refractivity contribution >= 4 is 11.6 Å². The van der Waals surface area contributed by atoms with E-state index in [2.05, 4.69) is 10.2 Å². The quantitative estimate of drug-likeness (QED) is 0.635. The smallest absolute Gasteiger partial charge is 0.269 e. The lowest BCUT2D eigenvalue weighted by Crippen LogP contribution is -2.43. The van der Waals surface area contributed by atoms with Crippen LogP contribution in [0.15, 0.2) is 54.6 Å². The molecule has 0 aliphatic carbocycles. The van der Waals surface area contributed by atoms with Gasteiger partial charge in [0, 0.05) is 37.3 Å². The summed E-state index contributed by atoms with van der Waals surface area (Å²) < 4.78 is 5.38. The van der Waals surface area contributed by atoms with Crippen LogP contribution in [0.25, 0.3) is 0 Å². The van der Waals surface area contributed by atoms with Gasteiger partial charge in [-0.3, -0.25) is 19.8 Å². The molecule has 1 amide bonds. The maximum atomic E-state index is 12.6. The Hall–Kier alpha value is -2.77. The van der Waals surface area contributed by atoms with Crippen molar-refractivity contribution in [2.24, 2.45) is 0 Å². The summed E-state index contributed by atoms with van der Waals surface area (Å²) in [4.78, 5) is 25.2. The summed E-state index contributed by atoms with van der Waals surface area (Å²) in [6.45, 7) is 3.73. The molecule has 1 aliphatic heterocycles. The van der Waals surface area contributed by atoms with Crippen LogP contribution in [0.3, 0.4) is 0 Å². The van der Waals surface area contributed by atoms with Crippen LogP contribution in [0, 0.1) is 10.1 Å². The first-order chi connectivity index (χ1) is 12.6. The van der Waals surface area contributed by atoms with Crippen LogP contribution in [0.4, 0.5) is 5.69 Å². The van der Waals surface area contributed by atoms with E-state index in [4.69, 9.17) is 4.74 Å². The molecule has 0 saturated carbocycles. The number of rotatable bonds is 6. The molecule has 7 nitrogen and oxygen atoms in total. The van der Waals surface area contributed by atoms with E-state index in [1.807, 2.05) is 30.3 Å². The molecule has 2 aromatic carbocycles. The number of nitrogens with zero attached hydrogens (tertiary/aromatic N) is 2. The SMILES string of the molecule is O=C(N[C@H](CN1CCOCC1)c1ccccc1)c1ccc([N+](=O)[O-])cc1. The lowest BCUT2D eigenvalue weighted by molar-refractivity contribution is -0.384. The summed E-state index contributed by atoms with van der Waals surface area (Å²) >= 11 is 0. The number of hydrogen-bond acceptors (Lipinski definition) is 5. The second-order valence-electron chi connectivity index (χ2n) is 6.15. The largest absolute Gasteiger partial charge is 0.379 e. The normalized spacial score (nSPS) is 16.0. The maximum absolute atomic E-state index is 12.6. The summed E-state index contributed by atoms with van der Waals surface area (Å²) in [5.74, 6) is -0.248. The van der Waals surface area contributed by atoms with Crippen LogP contribution in [-0.4, -0.2) is 48.6 Å². The van der Waals surface area contributed by atoms with Crippen LogP contribution < -0.4 is 5.32 Å². The van der Waals surface area contributed by atoms with Gasteiger partial charge in [0.2, 0.25) is 0 Å². The standard InChI is InChI=1S/C19H21N3O4/c23-19(16-6-8-17(9-7-16)22(24)25)20-18(15-4-2-1-3-5-15)14-21-10-12-26-13-11-21/h1-9,18H,10-14H2,(H,20,23)/t18-/m1/s1. The average molecular weight is 355 g/mol. The zero-order chi connectivity index (χ0) is 18.4. The molecule has 1 saturated heterocycles. The van der Waals surface area contributed by atoms with Crippen molar-refractivity contribution in [3.05, 3.63) is 75.8 Å². The molecule has 0 bridgehead atoms. The van der Waals surface area contributed by atoms with Gasteiger partial charge in [-0.25, -0.2) is 0 Å². The predicted molar refractivity (Wildman–Crippen MR) is 97.0 cm³/mol. The molecule has 0 aromatic heterocycles.